The van der Waals surface area contributed by atoms with Gasteiger partial charge in [-0.3, -0.25) is 19.3 Å². The topological polar surface area (TPSA) is 54.5 Å². The SMILES string of the molecule is O=C(Cl)CCCN1C(=O)SC(=CC=Cc2ccccc2)C1=O. The number of hydrogen-bond acceptors (Lipinski definition) is 4. The summed E-state index contributed by atoms with van der Waals surface area (Å²) in [6.45, 7) is 0.211. The third-order valence-corrected chi connectivity index (χ3v) is 4.08. The van der Waals surface area contributed by atoms with Gasteiger partial charge < -0.3 is 0 Å². The summed E-state index contributed by atoms with van der Waals surface area (Å²) < 4.78 is 0. The van der Waals surface area contributed by atoms with Crippen LogP contribution in [0.4, 0.5) is 4.79 Å². The average molecular weight is 336 g/mol. The predicted molar refractivity (Wildman–Crippen MR) is 88.4 cm³/mol. The molecule has 1 aliphatic rings. The molecule has 2 rings (SSSR count). The minimum atomic E-state index is -0.465. The van der Waals surface area contributed by atoms with Gasteiger partial charge in [-0.1, -0.05) is 42.5 Å². The fourth-order valence-corrected chi connectivity index (χ4v) is 2.84. The van der Waals surface area contributed by atoms with Crippen molar-refractivity contribution in [3.8, 4) is 0 Å². The molecule has 114 valence electrons. The summed E-state index contributed by atoms with van der Waals surface area (Å²) in [6.07, 6.45) is 5.77. The van der Waals surface area contributed by atoms with E-state index in [0.717, 1.165) is 22.2 Å². The largest absolute Gasteiger partial charge is 0.293 e. The first-order chi connectivity index (χ1) is 10.6. The zero-order valence-electron chi connectivity index (χ0n) is 11.7. The molecule has 22 heavy (non-hydrogen) atoms. The number of allylic oxidation sites excluding steroid dienone is 2. The van der Waals surface area contributed by atoms with Crippen LogP contribution < -0.4 is 0 Å². The highest BCUT2D eigenvalue weighted by Gasteiger charge is 2.34. The van der Waals surface area contributed by atoms with Crippen molar-refractivity contribution in [1.82, 2.24) is 4.90 Å². The molecule has 1 aromatic carbocycles. The van der Waals surface area contributed by atoms with Gasteiger partial charge in [-0.05, 0) is 41.4 Å². The first-order valence-electron chi connectivity index (χ1n) is 6.73. The Morgan fingerprint density at radius 1 is 1.23 bits per heavy atom. The third kappa shape index (κ3) is 4.58. The highest BCUT2D eigenvalue weighted by atomic mass is 35.5. The zero-order chi connectivity index (χ0) is 15.9. The Labute approximate surface area is 137 Å². The molecule has 1 fully saturated rings. The summed E-state index contributed by atoms with van der Waals surface area (Å²) >= 11 is 6.14. The second kappa shape index (κ2) is 7.96. The van der Waals surface area contributed by atoms with Gasteiger partial charge in [-0.25, -0.2) is 0 Å². The summed E-state index contributed by atoms with van der Waals surface area (Å²) in [5.41, 5.74) is 1.01. The molecule has 0 unspecified atom stereocenters. The Morgan fingerprint density at radius 3 is 2.64 bits per heavy atom. The number of halogens is 1. The van der Waals surface area contributed by atoms with Gasteiger partial charge >= 0.3 is 0 Å². The Balaban J connectivity index is 1.97. The van der Waals surface area contributed by atoms with Crippen LogP contribution in [-0.4, -0.2) is 27.8 Å². The minimum absolute atomic E-state index is 0.149. The number of carbonyl (C=O) groups excluding carboxylic acids is 3. The molecule has 1 heterocycles. The van der Waals surface area contributed by atoms with Crippen LogP contribution in [-0.2, 0) is 9.59 Å². The Bertz CT molecular complexity index is 640. The maximum absolute atomic E-state index is 12.1. The Morgan fingerprint density at radius 2 is 1.95 bits per heavy atom. The molecule has 0 N–H and O–H groups in total. The van der Waals surface area contributed by atoms with E-state index in [4.69, 9.17) is 11.6 Å². The van der Waals surface area contributed by atoms with E-state index in [2.05, 4.69) is 0 Å². The summed E-state index contributed by atoms with van der Waals surface area (Å²) in [5, 5.41) is -0.778. The van der Waals surface area contributed by atoms with Gasteiger partial charge in [-0.15, -0.1) is 0 Å². The highest BCUT2D eigenvalue weighted by Crippen LogP contribution is 2.30. The van der Waals surface area contributed by atoms with E-state index in [-0.39, 0.29) is 24.1 Å². The molecule has 1 aliphatic heterocycles. The maximum atomic E-state index is 12.1. The van der Waals surface area contributed by atoms with Gasteiger partial charge in [0.15, 0.2) is 0 Å². The maximum Gasteiger partial charge on any atom is 0.293 e. The molecule has 0 atom stereocenters. The van der Waals surface area contributed by atoms with Crippen molar-refractivity contribution in [2.45, 2.75) is 12.8 Å². The second-order valence-corrected chi connectivity index (χ2v) is 6.00. The first-order valence-corrected chi connectivity index (χ1v) is 7.93. The standard InChI is InChI=1S/C16H14ClNO3S/c17-14(19)10-5-11-18-15(20)13(22-16(18)21)9-4-8-12-6-2-1-3-7-12/h1-4,6-9H,5,10-11H2. The number of hydrogen-bond donors (Lipinski definition) is 0. The van der Waals surface area contributed by atoms with Gasteiger partial charge in [0.05, 0.1) is 4.91 Å². The second-order valence-electron chi connectivity index (χ2n) is 4.58. The average Bonchev–Trinajstić information content (AvgIpc) is 2.76. The molecule has 1 aromatic rings. The number of amides is 2. The van der Waals surface area contributed by atoms with Crippen molar-refractivity contribution in [2.75, 3.05) is 6.54 Å². The van der Waals surface area contributed by atoms with Crippen LogP contribution in [0.1, 0.15) is 18.4 Å². The van der Waals surface area contributed by atoms with Crippen LogP contribution in [0.15, 0.2) is 47.4 Å². The van der Waals surface area contributed by atoms with E-state index >= 15 is 0 Å². The normalized spacial score (nSPS) is 17.0. The number of benzene rings is 1. The number of nitrogens with zero attached hydrogens (tertiary/aromatic N) is 1. The van der Waals surface area contributed by atoms with Gasteiger partial charge in [0, 0.05) is 13.0 Å². The lowest BCUT2D eigenvalue weighted by molar-refractivity contribution is -0.123. The highest BCUT2D eigenvalue weighted by molar-refractivity contribution is 8.18. The van der Waals surface area contributed by atoms with Gasteiger partial charge in [0.2, 0.25) is 5.24 Å². The lowest BCUT2D eigenvalue weighted by Crippen LogP contribution is -2.29. The van der Waals surface area contributed by atoms with Gasteiger partial charge in [-0.2, -0.15) is 0 Å². The fourth-order valence-electron chi connectivity index (χ4n) is 1.89. The van der Waals surface area contributed by atoms with Crippen molar-refractivity contribution in [3.05, 3.63) is 53.0 Å². The molecule has 0 spiro atoms. The number of imide groups is 1. The van der Waals surface area contributed by atoms with Gasteiger partial charge in [0.1, 0.15) is 0 Å². The van der Waals surface area contributed by atoms with E-state index in [9.17, 15) is 14.4 Å². The van der Waals surface area contributed by atoms with Crippen molar-refractivity contribution in [1.29, 1.82) is 0 Å². The summed E-state index contributed by atoms with van der Waals surface area (Å²) in [4.78, 5) is 36.1. The predicted octanol–water partition coefficient (Wildman–Crippen LogP) is 3.82. The van der Waals surface area contributed by atoms with Crippen LogP contribution in [0.5, 0.6) is 0 Å². The van der Waals surface area contributed by atoms with Crippen LogP contribution in [0.25, 0.3) is 6.08 Å². The summed E-state index contributed by atoms with van der Waals surface area (Å²) in [6, 6.07) is 9.66. The lowest BCUT2D eigenvalue weighted by Gasteiger charge is -2.10. The monoisotopic (exact) mass is 335 g/mol. The fraction of sp³-hybridized carbons (Fsp3) is 0.188. The Hall–Kier alpha value is -1.85. The van der Waals surface area contributed by atoms with Crippen molar-refractivity contribution >= 4 is 45.8 Å². The summed E-state index contributed by atoms with van der Waals surface area (Å²) in [5.74, 6) is -0.324. The molecule has 0 bridgehead atoms. The van der Waals surface area contributed by atoms with Crippen LogP contribution in [0, 0.1) is 0 Å². The number of thioether (sulfide) groups is 1. The zero-order valence-corrected chi connectivity index (χ0v) is 13.3. The van der Waals surface area contributed by atoms with E-state index in [1.165, 1.54) is 0 Å². The lowest BCUT2D eigenvalue weighted by atomic mass is 10.2. The molecule has 0 aromatic heterocycles. The van der Waals surface area contributed by atoms with E-state index < -0.39 is 5.24 Å². The first kappa shape index (κ1) is 16.5. The smallest absolute Gasteiger partial charge is 0.281 e. The number of rotatable bonds is 6. The molecule has 0 radical (unpaired) electrons. The quantitative estimate of drug-likeness (QED) is 0.585. The molecular formula is C16H14ClNO3S. The molecule has 0 saturated carbocycles. The van der Waals surface area contributed by atoms with Gasteiger partial charge in [0.25, 0.3) is 11.1 Å². The van der Waals surface area contributed by atoms with Crippen molar-refractivity contribution in [3.63, 3.8) is 0 Å². The third-order valence-electron chi connectivity index (χ3n) is 2.96. The Kier molecular flexibility index (Phi) is 5.98. The van der Waals surface area contributed by atoms with E-state index in [0.29, 0.717) is 11.3 Å². The molecule has 0 aliphatic carbocycles. The van der Waals surface area contributed by atoms with Crippen LogP contribution in [0.3, 0.4) is 0 Å². The molecule has 6 heteroatoms. The van der Waals surface area contributed by atoms with Crippen molar-refractivity contribution in [2.24, 2.45) is 0 Å². The molecule has 4 nitrogen and oxygen atoms in total. The van der Waals surface area contributed by atoms with Crippen molar-refractivity contribution < 1.29 is 14.4 Å². The van der Waals surface area contributed by atoms with Crippen LogP contribution in [0.2, 0.25) is 0 Å². The minimum Gasteiger partial charge on any atom is -0.281 e. The number of carbonyl (C=O) groups is 3. The summed E-state index contributed by atoms with van der Waals surface area (Å²) in [7, 11) is 0. The molecule has 2 amide bonds. The molecule has 1 saturated heterocycles. The molecular weight excluding hydrogens is 322 g/mol. The van der Waals surface area contributed by atoms with E-state index in [1.54, 1.807) is 12.2 Å². The van der Waals surface area contributed by atoms with E-state index in [1.807, 2.05) is 36.4 Å². The van der Waals surface area contributed by atoms with Crippen LogP contribution >= 0.6 is 23.4 Å².